The van der Waals surface area contributed by atoms with Crippen LogP contribution in [0.15, 0.2) is 35.2 Å². The van der Waals surface area contributed by atoms with Gasteiger partial charge in [-0.1, -0.05) is 23.7 Å². The number of fused-ring (bicyclic) bond motifs is 1. The molecule has 2 aromatic rings. The highest BCUT2D eigenvalue weighted by molar-refractivity contribution is 7.86. The maximum atomic E-state index is 11.1. The molecule has 0 amide bonds. The quantitative estimate of drug-likeness (QED) is 0.607. The fraction of sp³-hybridized carbons (Fsp3) is 0. The Morgan fingerprint density at radius 2 is 1.88 bits per heavy atom. The average molecular weight is 258 g/mol. The molecule has 6 heteroatoms. The summed E-state index contributed by atoms with van der Waals surface area (Å²) >= 11 is 5.93. The minimum atomic E-state index is -4.28. The van der Waals surface area contributed by atoms with Crippen molar-refractivity contribution in [1.29, 1.82) is 0 Å². The molecular formula is C10H8ClNO3S. The second-order valence-corrected chi connectivity index (χ2v) is 5.09. The molecule has 0 heterocycles. The van der Waals surface area contributed by atoms with Crippen LogP contribution in [0.1, 0.15) is 0 Å². The number of hydrogen-bond donors (Lipinski definition) is 2. The van der Waals surface area contributed by atoms with Crippen molar-refractivity contribution in [3.05, 3.63) is 35.4 Å². The highest BCUT2D eigenvalue weighted by Crippen LogP contribution is 2.32. The molecule has 2 aromatic carbocycles. The molecule has 0 aromatic heterocycles. The monoisotopic (exact) mass is 257 g/mol. The van der Waals surface area contributed by atoms with Crippen LogP contribution in [0.25, 0.3) is 10.8 Å². The van der Waals surface area contributed by atoms with Gasteiger partial charge in [0.2, 0.25) is 0 Å². The van der Waals surface area contributed by atoms with Gasteiger partial charge in [0.05, 0.1) is 5.02 Å². The van der Waals surface area contributed by atoms with Gasteiger partial charge in [0.25, 0.3) is 10.1 Å². The van der Waals surface area contributed by atoms with Crippen LogP contribution < -0.4 is 5.73 Å². The summed E-state index contributed by atoms with van der Waals surface area (Å²) in [4.78, 5) is -0.195. The Morgan fingerprint density at radius 1 is 1.19 bits per heavy atom. The van der Waals surface area contributed by atoms with E-state index in [0.717, 1.165) is 0 Å². The van der Waals surface area contributed by atoms with Crippen LogP contribution >= 0.6 is 11.6 Å². The molecule has 2 rings (SSSR count). The van der Waals surface area contributed by atoms with E-state index in [4.69, 9.17) is 21.9 Å². The molecular weight excluding hydrogens is 250 g/mol. The van der Waals surface area contributed by atoms with Crippen LogP contribution in [0, 0.1) is 0 Å². The van der Waals surface area contributed by atoms with E-state index in [-0.39, 0.29) is 4.90 Å². The van der Waals surface area contributed by atoms with Crippen molar-refractivity contribution < 1.29 is 13.0 Å². The Hall–Kier alpha value is -1.30. The number of anilines is 1. The van der Waals surface area contributed by atoms with Crippen molar-refractivity contribution in [3.8, 4) is 0 Å². The second-order valence-electron chi connectivity index (χ2n) is 3.29. The highest BCUT2D eigenvalue weighted by atomic mass is 35.5. The number of nitrogen functional groups attached to an aromatic ring is 1. The molecule has 0 aliphatic carbocycles. The van der Waals surface area contributed by atoms with Crippen molar-refractivity contribution >= 4 is 38.2 Å². The van der Waals surface area contributed by atoms with Gasteiger partial charge in [-0.2, -0.15) is 8.42 Å². The number of hydrogen-bond acceptors (Lipinski definition) is 3. The minimum absolute atomic E-state index is 0.195. The van der Waals surface area contributed by atoms with Gasteiger partial charge in [0.15, 0.2) is 0 Å². The third kappa shape index (κ3) is 1.73. The van der Waals surface area contributed by atoms with E-state index < -0.39 is 10.1 Å². The van der Waals surface area contributed by atoms with Crippen molar-refractivity contribution in [2.75, 3.05) is 5.73 Å². The molecule has 0 spiro atoms. The normalized spacial score (nSPS) is 11.9. The van der Waals surface area contributed by atoms with E-state index in [1.54, 1.807) is 18.2 Å². The lowest BCUT2D eigenvalue weighted by atomic mass is 10.1. The van der Waals surface area contributed by atoms with E-state index in [9.17, 15) is 8.42 Å². The Bertz CT molecular complexity index is 659. The van der Waals surface area contributed by atoms with E-state index in [1.807, 2.05) is 0 Å². The van der Waals surface area contributed by atoms with Crippen LogP contribution in [-0.4, -0.2) is 13.0 Å². The molecule has 0 saturated carbocycles. The highest BCUT2D eigenvalue weighted by Gasteiger charge is 2.16. The molecule has 0 unspecified atom stereocenters. The molecule has 0 bridgehead atoms. The van der Waals surface area contributed by atoms with Gasteiger partial charge in [-0.3, -0.25) is 4.55 Å². The molecule has 0 aliphatic rings. The summed E-state index contributed by atoms with van der Waals surface area (Å²) in [6, 6.07) is 7.40. The standard InChI is InChI=1S/C10H8ClNO3S/c11-7-4-5-9(16(13,14)15)6-2-1-3-8(12)10(6)7/h1-5H,12H2,(H,13,14,15). The molecule has 0 radical (unpaired) electrons. The van der Waals surface area contributed by atoms with Crippen LogP contribution in [0.2, 0.25) is 5.02 Å². The van der Waals surface area contributed by atoms with Crippen LogP contribution in [-0.2, 0) is 10.1 Å². The Kier molecular flexibility index (Phi) is 2.53. The van der Waals surface area contributed by atoms with Crippen molar-refractivity contribution in [3.63, 3.8) is 0 Å². The Morgan fingerprint density at radius 3 is 2.50 bits per heavy atom. The van der Waals surface area contributed by atoms with Gasteiger partial charge in [-0.15, -0.1) is 0 Å². The van der Waals surface area contributed by atoms with Crippen LogP contribution in [0.5, 0.6) is 0 Å². The van der Waals surface area contributed by atoms with E-state index in [2.05, 4.69) is 0 Å². The lowest BCUT2D eigenvalue weighted by molar-refractivity contribution is 0.484. The van der Waals surface area contributed by atoms with Crippen molar-refractivity contribution in [2.24, 2.45) is 0 Å². The topological polar surface area (TPSA) is 80.4 Å². The van der Waals surface area contributed by atoms with Gasteiger partial charge in [0.1, 0.15) is 4.90 Å². The van der Waals surface area contributed by atoms with Crippen molar-refractivity contribution in [2.45, 2.75) is 4.90 Å². The van der Waals surface area contributed by atoms with E-state index in [0.29, 0.717) is 21.5 Å². The number of halogens is 1. The molecule has 16 heavy (non-hydrogen) atoms. The second kappa shape index (κ2) is 3.62. The summed E-state index contributed by atoms with van der Waals surface area (Å²) in [6.45, 7) is 0. The van der Waals surface area contributed by atoms with Gasteiger partial charge in [-0.25, -0.2) is 0 Å². The van der Waals surface area contributed by atoms with Crippen molar-refractivity contribution in [1.82, 2.24) is 0 Å². The fourth-order valence-electron chi connectivity index (χ4n) is 1.59. The van der Waals surface area contributed by atoms with Gasteiger partial charge in [-0.05, 0) is 18.2 Å². The van der Waals surface area contributed by atoms with E-state index in [1.165, 1.54) is 12.1 Å². The zero-order valence-electron chi connectivity index (χ0n) is 8.01. The van der Waals surface area contributed by atoms with Gasteiger partial charge in [0, 0.05) is 16.5 Å². The summed E-state index contributed by atoms with van der Waals surface area (Å²) in [5, 5.41) is 1.09. The molecule has 0 aliphatic heterocycles. The van der Waals surface area contributed by atoms with Crippen LogP contribution in [0.3, 0.4) is 0 Å². The smallest absolute Gasteiger partial charge is 0.295 e. The third-order valence-corrected chi connectivity index (χ3v) is 3.49. The summed E-state index contributed by atoms with van der Waals surface area (Å²) < 4.78 is 31.3. The lowest BCUT2D eigenvalue weighted by Gasteiger charge is -2.07. The zero-order chi connectivity index (χ0) is 11.9. The maximum Gasteiger partial charge on any atom is 0.295 e. The summed E-state index contributed by atoms with van der Waals surface area (Å²) in [6.07, 6.45) is 0. The molecule has 0 atom stereocenters. The first-order valence-corrected chi connectivity index (χ1v) is 6.17. The van der Waals surface area contributed by atoms with Gasteiger partial charge < -0.3 is 5.73 Å². The third-order valence-electron chi connectivity index (χ3n) is 2.26. The summed E-state index contributed by atoms with van der Waals surface area (Å²) in [5.41, 5.74) is 6.08. The SMILES string of the molecule is Nc1cccc2c(S(=O)(=O)O)ccc(Cl)c12. The molecule has 0 fully saturated rings. The summed E-state index contributed by atoms with van der Waals surface area (Å²) in [5.74, 6) is 0. The fourth-order valence-corrected chi connectivity index (χ4v) is 2.55. The molecule has 3 N–H and O–H groups in total. The maximum absolute atomic E-state index is 11.1. The Balaban J connectivity index is 3.02. The van der Waals surface area contributed by atoms with Crippen LogP contribution in [0.4, 0.5) is 5.69 Å². The largest absolute Gasteiger partial charge is 0.398 e. The summed E-state index contributed by atoms with van der Waals surface area (Å²) in [7, 11) is -4.28. The minimum Gasteiger partial charge on any atom is -0.398 e. The predicted octanol–water partition coefficient (Wildman–Crippen LogP) is 2.32. The first-order valence-electron chi connectivity index (χ1n) is 4.35. The first kappa shape index (κ1) is 11.2. The predicted molar refractivity (Wildman–Crippen MR) is 63.2 cm³/mol. The number of rotatable bonds is 1. The van der Waals surface area contributed by atoms with Gasteiger partial charge >= 0.3 is 0 Å². The zero-order valence-corrected chi connectivity index (χ0v) is 9.59. The Labute approximate surface area is 97.4 Å². The molecule has 0 saturated heterocycles. The lowest BCUT2D eigenvalue weighted by Crippen LogP contribution is -2.00. The molecule has 4 nitrogen and oxygen atoms in total. The number of benzene rings is 2. The first-order chi connectivity index (χ1) is 7.41. The van der Waals surface area contributed by atoms with E-state index >= 15 is 0 Å². The average Bonchev–Trinajstić information content (AvgIpc) is 2.16. The number of nitrogens with two attached hydrogens (primary N) is 1. The molecule has 84 valence electrons.